The molecule has 0 bridgehead atoms. The summed E-state index contributed by atoms with van der Waals surface area (Å²) in [7, 11) is 0. The van der Waals surface area contributed by atoms with Crippen molar-refractivity contribution in [2.24, 2.45) is 0 Å². The van der Waals surface area contributed by atoms with Gasteiger partial charge in [-0.1, -0.05) is 51.0 Å². The first-order chi connectivity index (χ1) is 25.8. The third-order valence-electron chi connectivity index (χ3n) is 9.40. The standard InChI is InChI=1S/C42H46FN5O4S/c1-4-6-22-46(23-7-5-2)42(51)39-24-29(3)48(44-39)40-21-14-33(45-53-37-19-17-36(18-20-37)52-35-15-12-32(43)13-16-35)26-38(40)41(50)47-27-31-11-9-8-10-30(31)25-34(47)28-49/h8-21,24,26,34,45,49H,4-7,22-23,25,27-28H2,1-3H3. The fourth-order valence-electron chi connectivity index (χ4n) is 6.43. The largest absolute Gasteiger partial charge is 0.457 e. The van der Waals surface area contributed by atoms with E-state index in [1.165, 1.54) is 24.1 Å². The quantitative estimate of drug-likeness (QED) is 0.104. The van der Waals surface area contributed by atoms with Crippen LogP contribution in [0.4, 0.5) is 10.1 Å². The van der Waals surface area contributed by atoms with Crippen LogP contribution in [-0.4, -0.2) is 62.2 Å². The van der Waals surface area contributed by atoms with Crippen LogP contribution >= 0.6 is 11.9 Å². The Morgan fingerprint density at radius 2 is 1.58 bits per heavy atom. The highest BCUT2D eigenvalue weighted by atomic mass is 32.2. The molecule has 1 unspecified atom stereocenters. The van der Waals surface area contributed by atoms with Gasteiger partial charge in [-0.2, -0.15) is 5.10 Å². The summed E-state index contributed by atoms with van der Waals surface area (Å²) in [6.07, 6.45) is 4.35. The van der Waals surface area contributed by atoms with E-state index in [4.69, 9.17) is 9.84 Å². The molecule has 2 amide bonds. The number of aliphatic hydroxyl groups excluding tert-OH is 1. The Labute approximate surface area is 314 Å². The maximum atomic E-state index is 14.6. The molecule has 1 aliphatic rings. The predicted molar refractivity (Wildman–Crippen MR) is 207 cm³/mol. The number of benzene rings is 4. The number of ether oxygens (including phenoxy) is 1. The van der Waals surface area contributed by atoms with Gasteiger partial charge in [-0.25, -0.2) is 9.07 Å². The van der Waals surface area contributed by atoms with Crippen molar-refractivity contribution in [2.75, 3.05) is 24.4 Å². The van der Waals surface area contributed by atoms with Gasteiger partial charge in [0.2, 0.25) is 0 Å². The van der Waals surface area contributed by atoms with Crippen molar-refractivity contribution in [2.45, 2.75) is 70.4 Å². The molecule has 2 N–H and O–H groups in total. The van der Waals surface area contributed by atoms with Crippen molar-refractivity contribution in [1.82, 2.24) is 19.6 Å². The Morgan fingerprint density at radius 3 is 2.25 bits per heavy atom. The highest BCUT2D eigenvalue weighted by Gasteiger charge is 2.32. The van der Waals surface area contributed by atoms with Gasteiger partial charge in [0, 0.05) is 35.9 Å². The SMILES string of the molecule is CCCCN(CCCC)C(=O)c1cc(C)n(-c2ccc(NSc3ccc(Oc4ccc(F)cc4)cc3)cc2C(=O)N2Cc3ccccc3CC2CO)n1. The van der Waals surface area contributed by atoms with Crippen molar-refractivity contribution in [3.8, 4) is 17.2 Å². The Balaban J connectivity index is 1.29. The minimum atomic E-state index is -0.395. The maximum absolute atomic E-state index is 14.6. The Hall–Kier alpha value is -5.13. The van der Waals surface area contributed by atoms with Gasteiger partial charge in [0.25, 0.3) is 11.8 Å². The average Bonchev–Trinajstić information content (AvgIpc) is 3.58. The molecule has 11 heteroatoms. The number of aryl methyl sites for hydroxylation is 1. The molecule has 6 rings (SSSR count). The van der Waals surface area contributed by atoms with Gasteiger partial charge >= 0.3 is 0 Å². The topological polar surface area (TPSA) is 99.9 Å². The molecule has 2 heterocycles. The first-order valence-electron chi connectivity index (χ1n) is 18.2. The molecular weight excluding hydrogens is 690 g/mol. The van der Waals surface area contributed by atoms with E-state index < -0.39 is 6.04 Å². The van der Waals surface area contributed by atoms with Gasteiger partial charge in [-0.15, -0.1) is 0 Å². The van der Waals surface area contributed by atoms with Crippen LogP contribution in [-0.2, 0) is 13.0 Å². The summed E-state index contributed by atoms with van der Waals surface area (Å²) in [5, 5.41) is 15.2. The van der Waals surface area contributed by atoms with E-state index in [2.05, 4.69) is 18.6 Å². The second kappa shape index (κ2) is 17.6. The number of unbranched alkanes of at least 4 members (excludes halogenated alkanes) is 2. The van der Waals surface area contributed by atoms with Gasteiger partial charge in [0.05, 0.1) is 23.9 Å². The monoisotopic (exact) mass is 735 g/mol. The molecule has 4 aromatic carbocycles. The number of hydrogen-bond acceptors (Lipinski definition) is 7. The van der Waals surface area contributed by atoms with E-state index >= 15 is 0 Å². The van der Waals surface area contributed by atoms with E-state index in [1.54, 1.807) is 27.8 Å². The second-order valence-electron chi connectivity index (χ2n) is 13.3. The van der Waals surface area contributed by atoms with Gasteiger partial charge in [0.1, 0.15) is 17.3 Å². The van der Waals surface area contributed by atoms with Gasteiger partial charge in [-0.3, -0.25) is 9.59 Å². The lowest BCUT2D eigenvalue weighted by Crippen LogP contribution is -2.46. The number of carbonyl (C=O) groups excluding carboxylic acids is 2. The molecule has 1 aromatic heterocycles. The van der Waals surface area contributed by atoms with Crippen LogP contribution in [0.5, 0.6) is 11.5 Å². The number of nitrogens with one attached hydrogen (secondary N) is 1. The molecule has 1 atom stereocenters. The molecule has 276 valence electrons. The normalized spacial score (nSPS) is 13.8. The molecular formula is C42H46FN5O4S. The second-order valence-corrected chi connectivity index (χ2v) is 14.2. The lowest BCUT2D eigenvalue weighted by molar-refractivity contribution is 0.0544. The minimum Gasteiger partial charge on any atom is -0.457 e. The number of halogens is 1. The average molecular weight is 736 g/mol. The summed E-state index contributed by atoms with van der Waals surface area (Å²) in [5.41, 5.74) is 4.89. The predicted octanol–water partition coefficient (Wildman–Crippen LogP) is 8.83. The zero-order chi connectivity index (χ0) is 37.3. The smallest absolute Gasteiger partial charge is 0.274 e. The number of carbonyl (C=O) groups is 2. The van der Waals surface area contributed by atoms with Crippen molar-refractivity contribution < 1.29 is 23.8 Å². The number of anilines is 1. The lowest BCUT2D eigenvalue weighted by Gasteiger charge is -2.36. The van der Waals surface area contributed by atoms with Crippen LogP contribution in [0, 0.1) is 12.7 Å². The van der Waals surface area contributed by atoms with Crippen LogP contribution in [0.2, 0.25) is 0 Å². The third-order valence-corrected chi connectivity index (χ3v) is 10.2. The van der Waals surface area contributed by atoms with Crippen LogP contribution in [0.1, 0.15) is 77.2 Å². The number of aliphatic hydroxyl groups is 1. The molecule has 0 radical (unpaired) electrons. The van der Waals surface area contributed by atoms with Gasteiger partial charge in [-0.05, 0) is 122 Å². The number of aromatic nitrogens is 2. The highest BCUT2D eigenvalue weighted by Crippen LogP contribution is 2.31. The summed E-state index contributed by atoms with van der Waals surface area (Å²) in [6.45, 7) is 7.65. The fourth-order valence-corrected chi connectivity index (χ4v) is 7.06. The summed E-state index contributed by atoms with van der Waals surface area (Å²) in [6, 6.07) is 28.3. The molecule has 0 saturated carbocycles. The minimum absolute atomic E-state index is 0.113. The Bertz CT molecular complexity index is 2010. The Morgan fingerprint density at radius 1 is 0.925 bits per heavy atom. The molecule has 5 aromatic rings. The molecule has 9 nitrogen and oxygen atoms in total. The molecule has 0 spiro atoms. The highest BCUT2D eigenvalue weighted by molar-refractivity contribution is 8.00. The van der Waals surface area contributed by atoms with E-state index in [0.29, 0.717) is 60.2 Å². The summed E-state index contributed by atoms with van der Waals surface area (Å²) >= 11 is 1.38. The van der Waals surface area contributed by atoms with Crippen LogP contribution in [0.3, 0.4) is 0 Å². The van der Waals surface area contributed by atoms with E-state index in [-0.39, 0.29) is 24.2 Å². The van der Waals surface area contributed by atoms with E-state index in [1.807, 2.05) is 78.6 Å². The zero-order valence-corrected chi connectivity index (χ0v) is 31.2. The van der Waals surface area contributed by atoms with Gasteiger partial charge in [0.15, 0.2) is 5.69 Å². The van der Waals surface area contributed by atoms with Crippen LogP contribution in [0.25, 0.3) is 5.69 Å². The van der Waals surface area contributed by atoms with Crippen LogP contribution < -0.4 is 9.46 Å². The lowest BCUT2D eigenvalue weighted by atomic mass is 9.93. The molecule has 1 aliphatic heterocycles. The van der Waals surface area contributed by atoms with Gasteiger partial charge < -0.3 is 24.4 Å². The third kappa shape index (κ3) is 9.09. The van der Waals surface area contributed by atoms with E-state index in [9.17, 15) is 19.1 Å². The van der Waals surface area contributed by atoms with E-state index in [0.717, 1.165) is 47.4 Å². The molecule has 0 aliphatic carbocycles. The molecule has 0 saturated heterocycles. The van der Waals surface area contributed by atoms with Crippen molar-refractivity contribution in [3.63, 3.8) is 0 Å². The van der Waals surface area contributed by atoms with Crippen LogP contribution in [0.15, 0.2) is 102 Å². The van der Waals surface area contributed by atoms with Crippen molar-refractivity contribution >= 4 is 29.4 Å². The summed E-state index contributed by atoms with van der Waals surface area (Å²) < 4.78 is 24.2. The summed E-state index contributed by atoms with van der Waals surface area (Å²) in [4.78, 5) is 32.9. The summed E-state index contributed by atoms with van der Waals surface area (Å²) in [5.74, 6) is 0.482. The van der Waals surface area contributed by atoms with Crippen molar-refractivity contribution in [1.29, 1.82) is 0 Å². The number of fused-ring (bicyclic) bond motifs is 1. The number of hydrogen-bond donors (Lipinski definition) is 2. The molecule has 53 heavy (non-hydrogen) atoms. The number of rotatable bonds is 15. The van der Waals surface area contributed by atoms with Crippen molar-refractivity contribution in [3.05, 3.63) is 131 Å². The Kier molecular flexibility index (Phi) is 12.5. The molecule has 0 fully saturated rings. The fraction of sp³-hybridized carbons (Fsp3) is 0.310. The zero-order valence-electron chi connectivity index (χ0n) is 30.4. The first-order valence-corrected chi connectivity index (χ1v) is 19.0. The number of amides is 2. The number of nitrogens with zero attached hydrogens (tertiary/aromatic N) is 4. The first kappa shape index (κ1) is 37.6. The maximum Gasteiger partial charge on any atom is 0.274 e.